The van der Waals surface area contributed by atoms with Crippen LogP contribution < -0.4 is 10.0 Å². The molecule has 144 valence electrons. The van der Waals surface area contributed by atoms with E-state index in [0.717, 1.165) is 11.9 Å². The average molecular weight is 399 g/mol. The maximum Gasteiger partial charge on any atom is 0.524 e. The zero-order chi connectivity index (χ0) is 19.6. The van der Waals surface area contributed by atoms with Crippen molar-refractivity contribution in [2.75, 3.05) is 5.32 Å². The van der Waals surface area contributed by atoms with E-state index in [0.29, 0.717) is 27.3 Å². The van der Waals surface area contributed by atoms with Crippen LogP contribution in [0.2, 0.25) is 0 Å². The number of hydrogen-bond donors (Lipinski definition) is 3. The second kappa shape index (κ2) is 7.62. The highest BCUT2D eigenvalue weighted by Gasteiger charge is 2.32. The number of aromatic nitrogens is 3. The molecular formula is C16H16F3N5O2S. The molecule has 3 N–H and O–H groups in total. The Kier molecular flexibility index (Phi) is 5.44. The molecule has 0 radical (unpaired) electrons. The first-order valence-electron chi connectivity index (χ1n) is 7.80. The van der Waals surface area contributed by atoms with Crippen molar-refractivity contribution in [2.24, 2.45) is 7.05 Å². The normalized spacial score (nSPS) is 13.1. The van der Waals surface area contributed by atoms with Gasteiger partial charge in [0.05, 0.1) is 5.52 Å². The van der Waals surface area contributed by atoms with Crippen molar-refractivity contribution in [1.29, 1.82) is 0 Å². The van der Waals surface area contributed by atoms with Crippen LogP contribution in [-0.4, -0.2) is 33.0 Å². The fraction of sp³-hybridized carbons (Fsp3) is 0.250. The number of amides is 1. The Hall–Kier alpha value is -2.50. The molecule has 0 aromatic carbocycles. The van der Waals surface area contributed by atoms with E-state index in [2.05, 4.69) is 24.7 Å². The second-order valence-corrected chi connectivity index (χ2v) is 6.42. The lowest BCUT2D eigenvalue weighted by Gasteiger charge is -2.16. The molecule has 0 saturated carbocycles. The molecule has 3 rings (SSSR count). The van der Waals surface area contributed by atoms with Crippen molar-refractivity contribution >= 4 is 34.4 Å². The van der Waals surface area contributed by atoms with E-state index in [9.17, 15) is 18.0 Å². The van der Waals surface area contributed by atoms with Crippen LogP contribution in [0.5, 0.6) is 0 Å². The summed E-state index contributed by atoms with van der Waals surface area (Å²) < 4.78 is 44.9. The van der Waals surface area contributed by atoms with Gasteiger partial charge in [0.25, 0.3) is 5.91 Å². The van der Waals surface area contributed by atoms with Crippen LogP contribution in [0.15, 0.2) is 41.8 Å². The fourth-order valence-electron chi connectivity index (χ4n) is 2.58. The third-order valence-corrected chi connectivity index (χ3v) is 4.76. The number of hydrogen-bond acceptors (Lipinski definition) is 5. The highest BCUT2D eigenvalue weighted by molar-refractivity contribution is 7.97. The zero-order valence-corrected chi connectivity index (χ0v) is 15.1. The minimum atomic E-state index is -4.74. The maximum atomic E-state index is 12.7. The second-order valence-electron chi connectivity index (χ2n) is 5.59. The summed E-state index contributed by atoms with van der Waals surface area (Å²) in [5.74, 6) is -0.347. The minimum absolute atomic E-state index is 0.347. The molecule has 1 atom stereocenters. The monoisotopic (exact) mass is 399 g/mol. The van der Waals surface area contributed by atoms with Gasteiger partial charge in [0, 0.05) is 36.7 Å². The van der Waals surface area contributed by atoms with Crippen molar-refractivity contribution in [3.8, 4) is 0 Å². The molecule has 3 heterocycles. The summed E-state index contributed by atoms with van der Waals surface area (Å²) in [7, 11) is 1.66. The van der Waals surface area contributed by atoms with Crippen molar-refractivity contribution < 1.29 is 22.7 Å². The highest BCUT2D eigenvalue weighted by atomic mass is 32.2. The number of carbonyl (C=O) groups is 1. The zero-order valence-electron chi connectivity index (χ0n) is 14.3. The number of nitrogens with one attached hydrogen (secondary N) is 3. The van der Waals surface area contributed by atoms with Gasteiger partial charge in [0.1, 0.15) is 16.9 Å². The summed E-state index contributed by atoms with van der Waals surface area (Å²) >= 11 is 0.941. The summed E-state index contributed by atoms with van der Waals surface area (Å²) in [5, 5.41) is 3.97. The first kappa shape index (κ1) is 19.3. The maximum absolute atomic E-state index is 12.7. The van der Waals surface area contributed by atoms with Crippen LogP contribution in [0.1, 0.15) is 17.4 Å². The van der Waals surface area contributed by atoms with Gasteiger partial charge >= 0.3 is 6.36 Å². The number of alkyl halides is 3. The van der Waals surface area contributed by atoms with Crippen LogP contribution in [0.25, 0.3) is 10.9 Å². The summed E-state index contributed by atoms with van der Waals surface area (Å²) in [4.78, 5) is 19.6. The molecular weight excluding hydrogens is 383 g/mol. The van der Waals surface area contributed by atoms with Gasteiger partial charge in [-0.25, -0.2) is 4.72 Å². The van der Waals surface area contributed by atoms with Gasteiger partial charge < -0.3 is 14.9 Å². The summed E-state index contributed by atoms with van der Waals surface area (Å²) in [6, 6.07) is 5.04. The number of carbonyl (C=O) groups excluding carboxylic acids is 1. The van der Waals surface area contributed by atoms with Crippen LogP contribution in [0.3, 0.4) is 0 Å². The number of halogens is 3. The highest BCUT2D eigenvalue weighted by Crippen LogP contribution is 2.32. The Morgan fingerprint density at radius 3 is 2.70 bits per heavy atom. The fourth-order valence-corrected chi connectivity index (χ4v) is 3.40. The molecule has 0 aliphatic heterocycles. The number of rotatable bonds is 6. The molecule has 0 aliphatic rings. The lowest BCUT2D eigenvalue weighted by molar-refractivity contribution is -0.341. The van der Waals surface area contributed by atoms with Crippen molar-refractivity contribution in [2.45, 2.75) is 24.5 Å². The molecule has 0 spiro atoms. The Labute approximate surface area is 156 Å². The quantitative estimate of drug-likeness (QED) is 0.435. The SMILES string of the molecule is CC(NSc1c2[nH]ccc2c(C(=O)Nc2ccncc2)n1C)OC(F)(F)F. The van der Waals surface area contributed by atoms with Gasteiger partial charge in [-0.05, 0) is 37.1 Å². The lowest BCUT2D eigenvalue weighted by Crippen LogP contribution is -2.30. The first-order valence-corrected chi connectivity index (χ1v) is 8.62. The Morgan fingerprint density at radius 2 is 2.04 bits per heavy atom. The van der Waals surface area contributed by atoms with E-state index >= 15 is 0 Å². The largest absolute Gasteiger partial charge is 0.524 e. The van der Waals surface area contributed by atoms with E-state index in [1.807, 2.05) is 0 Å². The van der Waals surface area contributed by atoms with Crippen LogP contribution in [0, 0.1) is 0 Å². The van der Waals surface area contributed by atoms with E-state index in [4.69, 9.17) is 0 Å². The number of fused-ring (bicyclic) bond motifs is 1. The van der Waals surface area contributed by atoms with E-state index in [1.54, 1.807) is 48.4 Å². The third-order valence-electron chi connectivity index (χ3n) is 3.64. The molecule has 27 heavy (non-hydrogen) atoms. The van der Waals surface area contributed by atoms with Gasteiger partial charge in [-0.2, -0.15) is 0 Å². The molecule has 3 aromatic heterocycles. The lowest BCUT2D eigenvalue weighted by atomic mass is 10.2. The van der Waals surface area contributed by atoms with Gasteiger partial charge in [0.2, 0.25) is 0 Å². The summed E-state index contributed by atoms with van der Waals surface area (Å²) in [6.45, 7) is 1.24. The molecule has 0 saturated heterocycles. The van der Waals surface area contributed by atoms with Gasteiger partial charge in [-0.3, -0.25) is 14.5 Å². The number of anilines is 1. The van der Waals surface area contributed by atoms with Gasteiger partial charge in [-0.15, -0.1) is 13.2 Å². The van der Waals surface area contributed by atoms with E-state index in [-0.39, 0.29) is 5.91 Å². The van der Waals surface area contributed by atoms with E-state index in [1.165, 1.54) is 6.92 Å². The first-order chi connectivity index (χ1) is 12.8. The van der Waals surface area contributed by atoms with Crippen molar-refractivity contribution in [3.05, 3.63) is 42.5 Å². The van der Waals surface area contributed by atoms with Gasteiger partial charge in [0.15, 0.2) is 0 Å². The van der Waals surface area contributed by atoms with Crippen LogP contribution in [-0.2, 0) is 11.8 Å². The smallest absolute Gasteiger partial charge is 0.359 e. The number of aromatic amines is 1. The molecule has 1 unspecified atom stereocenters. The van der Waals surface area contributed by atoms with Gasteiger partial charge in [-0.1, -0.05) is 0 Å². The van der Waals surface area contributed by atoms with Crippen LogP contribution in [0.4, 0.5) is 18.9 Å². The number of nitrogens with zero attached hydrogens (tertiary/aromatic N) is 2. The van der Waals surface area contributed by atoms with Crippen molar-refractivity contribution in [1.82, 2.24) is 19.3 Å². The van der Waals surface area contributed by atoms with Crippen molar-refractivity contribution in [3.63, 3.8) is 0 Å². The van der Waals surface area contributed by atoms with E-state index < -0.39 is 12.6 Å². The average Bonchev–Trinajstić information content (AvgIpc) is 3.12. The summed E-state index contributed by atoms with van der Waals surface area (Å²) in [5.41, 5.74) is 1.59. The number of ether oxygens (including phenoxy) is 1. The van der Waals surface area contributed by atoms with Crippen LogP contribution >= 0.6 is 11.9 Å². The Bertz CT molecular complexity index is 939. The molecule has 1 amide bonds. The Morgan fingerprint density at radius 1 is 1.33 bits per heavy atom. The molecule has 11 heteroatoms. The number of pyridine rings is 1. The Balaban J connectivity index is 1.82. The molecule has 0 fully saturated rings. The third kappa shape index (κ3) is 4.43. The minimum Gasteiger partial charge on any atom is -0.359 e. The molecule has 0 aliphatic carbocycles. The predicted molar refractivity (Wildman–Crippen MR) is 95.1 cm³/mol. The topological polar surface area (TPSA) is 84.0 Å². The molecule has 7 nitrogen and oxygen atoms in total. The summed E-state index contributed by atoms with van der Waals surface area (Å²) in [6.07, 6.45) is -1.24. The molecule has 0 bridgehead atoms. The molecule has 3 aromatic rings. The standard InChI is InChI=1S/C16H16F3N5O2S/c1-9(26-16(17,18)19)23-27-15-12-11(5-8-21-12)13(24(15)2)14(25)22-10-3-6-20-7-4-10/h3-9,21,23H,1-2H3,(H,20,22,25). The predicted octanol–water partition coefficient (Wildman–Crippen LogP) is 3.63. The number of H-pyrrole nitrogens is 1.